The van der Waals surface area contributed by atoms with E-state index >= 15 is 0 Å². The van der Waals surface area contributed by atoms with Crippen molar-refractivity contribution in [3.63, 3.8) is 0 Å². The van der Waals surface area contributed by atoms with Crippen molar-refractivity contribution in [3.05, 3.63) is 35.9 Å². The first-order valence-electron chi connectivity index (χ1n) is 5.33. The lowest BCUT2D eigenvalue weighted by Crippen LogP contribution is -1.96. The van der Waals surface area contributed by atoms with Gasteiger partial charge in [0.1, 0.15) is 0 Å². The first-order chi connectivity index (χ1) is 6.77. The highest BCUT2D eigenvalue weighted by Crippen LogP contribution is 2.22. The van der Waals surface area contributed by atoms with Crippen LogP contribution in [0.2, 0.25) is 0 Å². The molecule has 0 bridgehead atoms. The van der Waals surface area contributed by atoms with Gasteiger partial charge >= 0.3 is 0 Å². The number of nitrogens with zero attached hydrogens (tertiary/aromatic N) is 1. The molecule has 1 aliphatic heterocycles. The number of rotatable bonds is 6. The van der Waals surface area contributed by atoms with Gasteiger partial charge in [-0.3, -0.25) is 0 Å². The van der Waals surface area contributed by atoms with Crippen LogP contribution in [0.1, 0.15) is 32.6 Å². The molecule has 0 saturated carbocycles. The summed E-state index contributed by atoms with van der Waals surface area (Å²) in [5.74, 6) is 0. The van der Waals surface area contributed by atoms with E-state index in [1.54, 1.807) is 0 Å². The molecule has 76 valence electrons. The zero-order valence-corrected chi connectivity index (χ0v) is 9.10. The monoisotopic (exact) mass is 189 g/mol. The summed E-state index contributed by atoms with van der Waals surface area (Å²) in [7, 11) is 0. The molecule has 0 N–H and O–H groups in total. The molecule has 0 atom stereocenters. The maximum Gasteiger partial charge on any atom is 0.0351 e. The summed E-state index contributed by atoms with van der Waals surface area (Å²) >= 11 is 0. The highest BCUT2D eigenvalue weighted by molar-refractivity contribution is 5.14. The number of hydrogen-bond donors (Lipinski definition) is 0. The standard InChI is InChI=1S/C13H19N/c1-4-6-8-13(7-5-2)11-12(3)14-9-10-14/h2-4,6,8-11H2,1H3. The van der Waals surface area contributed by atoms with Crippen molar-refractivity contribution >= 4 is 0 Å². The second-order valence-electron chi connectivity index (χ2n) is 3.74. The van der Waals surface area contributed by atoms with Gasteiger partial charge in [-0.2, -0.15) is 0 Å². The Morgan fingerprint density at radius 1 is 1.43 bits per heavy atom. The summed E-state index contributed by atoms with van der Waals surface area (Å²) < 4.78 is 0. The molecule has 14 heavy (non-hydrogen) atoms. The SMILES string of the molecule is C=C=C=C(CCCC)CC(=C)N1CC1. The van der Waals surface area contributed by atoms with Gasteiger partial charge < -0.3 is 4.90 Å². The Morgan fingerprint density at radius 3 is 2.64 bits per heavy atom. The summed E-state index contributed by atoms with van der Waals surface area (Å²) in [4.78, 5) is 2.29. The molecule has 1 nitrogen and oxygen atoms in total. The Labute approximate surface area is 87.1 Å². The van der Waals surface area contributed by atoms with Crippen LogP contribution in [0.15, 0.2) is 35.9 Å². The van der Waals surface area contributed by atoms with E-state index in [2.05, 4.69) is 36.4 Å². The van der Waals surface area contributed by atoms with Crippen molar-refractivity contribution in [3.8, 4) is 0 Å². The van der Waals surface area contributed by atoms with Crippen LogP contribution in [-0.2, 0) is 0 Å². The minimum absolute atomic E-state index is 0.947. The lowest BCUT2D eigenvalue weighted by molar-refractivity contribution is 0.657. The molecule has 0 aliphatic carbocycles. The van der Waals surface area contributed by atoms with Crippen LogP contribution in [0, 0.1) is 0 Å². The second kappa shape index (κ2) is 5.54. The molecule has 1 aliphatic rings. The summed E-state index contributed by atoms with van der Waals surface area (Å²) in [5.41, 5.74) is 8.36. The zero-order valence-electron chi connectivity index (χ0n) is 9.10. The topological polar surface area (TPSA) is 3.01 Å². The molecular weight excluding hydrogens is 170 g/mol. The van der Waals surface area contributed by atoms with E-state index in [1.807, 2.05) is 0 Å². The minimum atomic E-state index is 0.947. The predicted molar refractivity (Wildman–Crippen MR) is 61.0 cm³/mol. The van der Waals surface area contributed by atoms with Gasteiger partial charge in [0.15, 0.2) is 0 Å². The molecule has 1 saturated heterocycles. The van der Waals surface area contributed by atoms with Gasteiger partial charge in [-0.15, -0.1) is 0 Å². The summed E-state index contributed by atoms with van der Waals surface area (Å²) in [6, 6.07) is 0. The fraction of sp³-hybridized carbons (Fsp3) is 0.538. The Kier molecular flexibility index (Phi) is 4.32. The van der Waals surface area contributed by atoms with Gasteiger partial charge in [0, 0.05) is 25.2 Å². The molecule has 0 aromatic heterocycles. The van der Waals surface area contributed by atoms with Crippen molar-refractivity contribution in [1.29, 1.82) is 0 Å². The molecule has 0 amide bonds. The highest BCUT2D eigenvalue weighted by atomic mass is 15.3. The average molecular weight is 189 g/mol. The molecule has 0 aromatic rings. The second-order valence-corrected chi connectivity index (χ2v) is 3.74. The van der Waals surface area contributed by atoms with E-state index < -0.39 is 0 Å². The van der Waals surface area contributed by atoms with Crippen LogP contribution in [0.4, 0.5) is 0 Å². The van der Waals surface area contributed by atoms with Gasteiger partial charge in [-0.25, -0.2) is 0 Å². The molecule has 0 spiro atoms. The van der Waals surface area contributed by atoms with Gasteiger partial charge in [-0.1, -0.05) is 31.4 Å². The van der Waals surface area contributed by atoms with Gasteiger partial charge in [-0.05, 0) is 25.0 Å². The maximum absolute atomic E-state index is 4.06. The Bertz CT molecular complexity index is 284. The Balaban J connectivity index is 2.46. The summed E-state index contributed by atoms with van der Waals surface area (Å²) in [6.07, 6.45) is 4.49. The third-order valence-electron chi connectivity index (χ3n) is 2.41. The number of unbranched alkanes of at least 4 members (excludes halogenated alkanes) is 1. The van der Waals surface area contributed by atoms with Crippen molar-refractivity contribution in [2.24, 2.45) is 0 Å². The van der Waals surface area contributed by atoms with E-state index in [0.717, 1.165) is 12.8 Å². The van der Waals surface area contributed by atoms with E-state index in [4.69, 9.17) is 0 Å². The lowest BCUT2D eigenvalue weighted by Gasteiger charge is -2.08. The third kappa shape index (κ3) is 3.70. The van der Waals surface area contributed by atoms with E-state index in [-0.39, 0.29) is 0 Å². The van der Waals surface area contributed by atoms with Gasteiger partial charge in [0.25, 0.3) is 0 Å². The van der Waals surface area contributed by atoms with E-state index in [0.29, 0.717) is 0 Å². The van der Waals surface area contributed by atoms with Crippen LogP contribution >= 0.6 is 0 Å². The molecule has 0 aromatic carbocycles. The molecule has 0 radical (unpaired) electrons. The van der Waals surface area contributed by atoms with Crippen LogP contribution in [0.25, 0.3) is 0 Å². The Morgan fingerprint density at radius 2 is 2.14 bits per heavy atom. The van der Waals surface area contributed by atoms with Crippen molar-refractivity contribution in [2.75, 3.05) is 13.1 Å². The van der Waals surface area contributed by atoms with Gasteiger partial charge in [0.05, 0.1) is 0 Å². The number of hydrogen-bond acceptors (Lipinski definition) is 1. The molecule has 1 fully saturated rings. The Hall–Kier alpha value is -1.16. The van der Waals surface area contributed by atoms with Crippen LogP contribution in [0.5, 0.6) is 0 Å². The first kappa shape index (κ1) is 10.9. The fourth-order valence-electron chi connectivity index (χ4n) is 1.43. The molecule has 1 heteroatoms. The van der Waals surface area contributed by atoms with Crippen LogP contribution in [-0.4, -0.2) is 18.0 Å². The van der Waals surface area contributed by atoms with E-state index in [9.17, 15) is 0 Å². The van der Waals surface area contributed by atoms with Crippen LogP contribution < -0.4 is 0 Å². The zero-order chi connectivity index (χ0) is 10.4. The quantitative estimate of drug-likeness (QED) is 0.458. The van der Waals surface area contributed by atoms with Crippen molar-refractivity contribution in [2.45, 2.75) is 32.6 Å². The maximum atomic E-state index is 4.06. The van der Waals surface area contributed by atoms with Crippen molar-refractivity contribution in [1.82, 2.24) is 4.90 Å². The largest absolute Gasteiger partial charge is 0.371 e. The smallest absolute Gasteiger partial charge is 0.0351 e. The van der Waals surface area contributed by atoms with Crippen molar-refractivity contribution < 1.29 is 0 Å². The number of allylic oxidation sites excluding steroid dienone is 1. The molecule has 0 unspecified atom stereocenters. The molecule has 1 heterocycles. The fourth-order valence-corrected chi connectivity index (χ4v) is 1.43. The molecular formula is C13H19N. The lowest BCUT2D eigenvalue weighted by atomic mass is 10.1. The third-order valence-corrected chi connectivity index (χ3v) is 2.41. The summed E-state index contributed by atoms with van der Waals surface area (Å²) in [6.45, 7) is 12.2. The van der Waals surface area contributed by atoms with E-state index in [1.165, 1.54) is 37.2 Å². The average Bonchev–Trinajstić information content (AvgIpc) is 2.97. The minimum Gasteiger partial charge on any atom is -0.371 e. The van der Waals surface area contributed by atoms with Gasteiger partial charge in [0.2, 0.25) is 0 Å². The normalized spacial score (nSPS) is 13.1. The first-order valence-corrected chi connectivity index (χ1v) is 5.33. The molecule has 1 rings (SSSR count). The highest BCUT2D eigenvalue weighted by Gasteiger charge is 2.19. The predicted octanol–water partition coefficient (Wildman–Crippen LogP) is 3.26. The summed E-state index contributed by atoms with van der Waals surface area (Å²) in [5, 5.41) is 0. The van der Waals surface area contributed by atoms with Crippen LogP contribution in [0.3, 0.4) is 0 Å².